The summed E-state index contributed by atoms with van der Waals surface area (Å²) in [6.07, 6.45) is 5.41. The Balaban J connectivity index is 1.66. The first kappa shape index (κ1) is 28.8. The van der Waals surface area contributed by atoms with Gasteiger partial charge >= 0.3 is 0 Å². The summed E-state index contributed by atoms with van der Waals surface area (Å²) in [5.41, 5.74) is 4.47. The Morgan fingerprint density at radius 3 is 1.86 bits per heavy atom. The number of Topliss-reactive ketones (excluding diaryl/α,β-unsaturated/α-hetero) is 1. The van der Waals surface area contributed by atoms with Crippen LogP contribution in [0.3, 0.4) is 0 Å². The molecule has 1 aromatic heterocycles. The van der Waals surface area contributed by atoms with Gasteiger partial charge in [-0.3, -0.25) is 4.79 Å². The van der Waals surface area contributed by atoms with Crippen LogP contribution in [0.5, 0.6) is 5.75 Å². The van der Waals surface area contributed by atoms with Gasteiger partial charge in [-0.1, -0.05) is 103 Å². The minimum atomic E-state index is -0.958. The van der Waals surface area contributed by atoms with E-state index in [0.29, 0.717) is 27.7 Å². The van der Waals surface area contributed by atoms with Crippen LogP contribution in [-0.2, 0) is 5.60 Å². The number of allylic oxidation sites excluding steroid dienone is 1. The number of rotatable bonds is 10. The van der Waals surface area contributed by atoms with Gasteiger partial charge in [-0.2, -0.15) is 0 Å². The molecule has 0 aliphatic heterocycles. The van der Waals surface area contributed by atoms with E-state index < -0.39 is 5.60 Å². The summed E-state index contributed by atoms with van der Waals surface area (Å²) in [6.45, 7) is 1.98. The molecule has 0 atom stereocenters. The van der Waals surface area contributed by atoms with Crippen molar-refractivity contribution in [1.29, 1.82) is 0 Å². The van der Waals surface area contributed by atoms with Gasteiger partial charge in [0.2, 0.25) is 0 Å². The number of ketones is 1. The van der Waals surface area contributed by atoms with Gasteiger partial charge in [-0.25, -0.2) is 9.97 Å². The summed E-state index contributed by atoms with van der Waals surface area (Å²) in [7, 11) is 3.78. The Hall–Kier alpha value is -4.68. The molecule has 0 spiro atoms. The number of hydrogen-bond acceptors (Lipinski definition) is 6. The highest BCUT2D eigenvalue weighted by Crippen LogP contribution is 2.41. The van der Waals surface area contributed by atoms with E-state index in [1.54, 1.807) is 18.5 Å². The molecule has 4 aromatic carbocycles. The number of nitrogens with zero attached hydrogens (tertiary/aromatic N) is 3. The van der Waals surface area contributed by atoms with Crippen molar-refractivity contribution >= 4 is 23.1 Å². The average Bonchev–Trinajstić information content (AvgIpc) is 3.03. The Bertz CT molecular complexity index is 1590. The van der Waals surface area contributed by atoms with Crippen molar-refractivity contribution in [1.82, 2.24) is 14.9 Å². The molecule has 210 valence electrons. The zero-order valence-electron chi connectivity index (χ0n) is 24.2. The minimum absolute atomic E-state index is 0.146. The summed E-state index contributed by atoms with van der Waals surface area (Å²) < 4.78 is 7.12. The first-order valence-electron chi connectivity index (χ1n) is 13.7. The van der Waals surface area contributed by atoms with Crippen LogP contribution in [0, 0.1) is 6.92 Å². The first-order chi connectivity index (χ1) is 20.4. The first-order valence-corrected chi connectivity index (χ1v) is 14.9. The SMILES string of the molecule is CSc1nccc(/C(=C\N(C)C)C(=O)c2cc(C)cc(OC(c3ccccc3)(c3ccccc3)c3ccccc3)c2)n1. The van der Waals surface area contributed by atoms with Gasteiger partial charge in [0.05, 0.1) is 11.3 Å². The molecule has 0 bridgehead atoms. The lowest BCUT2D eigenvalue weighted by Gasteiger charge is -2.36. The highest BCUT2D eigenvalue weighted by atomic mass is 32.2. The van der Waals surface area contributed by atoms with E-state index in [4.69, 9.17) is 4.74 Å². The molecule has 1 heterocycles. The van der Waals surface area contributed by atoms with E-state index in [-0.39, 0.29) is 5.78 Å². The maximum absolute atomic E-state index is 14.1. The topological polar surface area (TPSA) is 55.3 Å². The number of aromatic nitrogens is 2. The summed E-state index contributed by atoms with van der Waals surface area (Å²) in [5, 5.41) is 0.608. The predicted octanol–water partition coefficient (Wildman–Crippen LogP) is 7.66. The molecule has 6 heteroatoms. The van der Waals surface area contributed by atoms with Crippen molar-refractivity contribution in [3.8, 4) is 5.75 Å². The lowest BCUT2D eigenvalue weighted by molar-refractivity contribution is 0.105. The van der Waals surface area contributed by atoms with Crippen molar-refractivity contribution < 1.29 is 9.53 Å². The predicted molar refractivity (Wildman–Crippen MR) is 171 cm³/mol. The Labute approximate surface area is 251 Å². The Morgan fingerprint density at radius 1 is 0.810 bits per heavy atom. The highest BCUT2D eigenvalue weighted by Gasteiger charge is 2.39. The molecule has 0 unspecified atom stereocenters. The molecule has 0 N–H and O–H groups in total. The fraction of sp³-hybridized carbons (Fsp3) is 0.139. The molecular weight excluding hydrogens is 538 g/mol. The van der Waals surface area contributed by atoms with E-state index in [2.05, 4.69) is 46.4 Å². The quantitative estimate of drug-likeness (QED) is 0.0564. The van der Waals surface area contributed by atoms with Crippen molar-refractivity contribution in [3.05, 3.63) is 161 Å². The van der Waals surface area contributed by atoms with E-state index in [0.717, 1.165) is 22.3 Å². The van der Waals surface area contributed by atoms with Crippen molar-refractivity contribution in [2.24, 2.45) is 0 Å². The van der Waals surface area contributed by atoms with Gasteiger partial charge in [-0.05, 0) is 43.0 Å². The van der Waals surface area contributed by atoms with Crippen molar-refractivity contribution in [3.63, 3.8) is 0 Å². The molecule has 0 aliphatic rings. The van der Waals surface area contributed by atoms with Crippen LogP contribution >= 0.6 is 11.8 Å². The second-order valence-corrected chi connectivity index (χ2v) is 11.0. The maximum Gasteiger partial charge on any atom is 0.196 e. The van der Waals surface area contributed by atoms with E-state index >= 15 is 0 Å². The number of carbonyl (C=O) groups is 1. The Morgan fingerprint density at radius 2 is 1.36 bits per heavy atom. The molecule has 0 saturated carbocycles. The molecule has 0 fully saturated rings. The summed E-state index contributed by atoms with van der Waals surface area (Å²) in [5.74, 6) is 0.444. The molecular formula is C36H33N3O2S. The van der Waals surface area contributed by atoms with Crippen molar-refractivity contribution in [2.75, 3.05) is 20.4 Å². The molecule has 0 radical (unpaired) electrons. The number of aryl methyl sites for hydroxylation is 1. The van der Waals surface area contributed by atoms with Crippen molar-refractivity contribution in [2.45, 2.75) is 17.7 Å². The third-order valence-electron chi connectivity index (χ3n) is 6.85. The van der Waals surface area contributed by atoms with Gasteiger partial charge in [0.25, 0.3) is 0 Å². The lowest BCUT2D eigenvalue weighted by Crippen LogP contribution is -2.36. The van der Waals surface area contributed by atoms with Gasteiger partial charge < -0.3 is 9.64 Å². The maximum atomic E-state index is 14.1. The van der Waals surface area contributed by atoms with Crippen LogP contribution in [0.15, 0.2) is 133 Å². The highest BCUT2D eigenvalue weighted by molar-refractivity contribution is 7.98. The van der Waals surface area contributed by atoms with Gasteiger partial charge in [0, 0.05) is 48.7 Å². The van der Waals surface area contributed by atoms with E-state index in [1.165, 1.54) is 11.8 Å². The molecule has 42 heavy (non-hydrogen) atoms. The second-order valence-electron chi connectivity index (χ2n) is 10.2. The molecule has 5 aromatic rings. The van der Waals surface area contributed by atoms with E-state index in [9.17, 15) is 4.79 Å². The standard InChI is InChI=1S/C36H33N3O2S/c1-26-22-27(34(40)32(25-39(2)3)33-20-21-37-35(38-33)42-4)24-31(23-26)41-36(28-14-8-5-9-15-28,29-16-10-6-11-17-29)30-18-12-7-13-19-30/h5-25H,1-4H3/b32-25+. The third-order valence-corrected chi connectivity index (χ3v) is 7.41. The van der Waals surface area contributed by atoms with Gasteiger partial charge in [0.15, 0.2) is 16.5 Å². The summed E-state index contributed by atoms with van der Waals surface area (Å²) in [6, 6.07) is 38.1. The van der Waals surface area contributed by atoms with Crippen LogP contribution < -0.4 is 4.74 Å². The zero-order chi connectivity index (χ0) is 29.5. The molecule has 0 saturated heterocycles. The number of thioether (sulfide) groups is 1. The molecule has 5 rings (SSSR count). The third kappa shape index (κ3) is 6.14. The molecule has 0 amide bonds. The number of ether oxygens (including phenoxy) is 1. The fourth-order valence-electron chi connectivity index (χ4n) is 5.05. The largest absolute Gasteiger partial charge is 0.473 e. The Kier molecular flexibility index (Phi) is 8.84. The monoisotopic (exact) mass is 571 g/mol. The summed E-state index contributed by atoms with van der Waals surface area (Å²) >= 11 is 1.44. The minimum Gasteiger partial charge on any atom is -0.473 e. The van der Waals surface area contributed by atoms with Gasteiger partial charge in [0.1, 0.15) is 5.75 Å². The van der Waals surface area contributed by atoms with Crippen LogP contribution in [0.2, 0.25) is 0 Å². The number of carbonyl (C=O) groups excluding carboxylic acids is 1. The second kappa shape index (κ2) is 12.9. The van der Waals surface area contributed by atoms with Gasteiger partial charge in [-0.15, -0.1) is 0 Å². The molecule has 0 aliphatic carbocycles. The van der Waals surface area contributed by atoms with Crippen LogP contribution in [0.1, 0.15) is 38.3 Å². The zero-order valence-corrected chi connectivity index (χ0v) is 25.0. The van der Waals surface area contributed by atoms with E-state index in [1.807, 2.05) is 105 Å². The normalized spacial score (nSPS) is 11.7. The van der Waals surface area contributed by atoms with Crippen LogP contribution in [-0.4, -0.2) is 41.0 Å². The molecule has 5 nitrogen and oxygen atoms in total. The number of hydrogen-bond donors (Lipinski definition) is 0. The lowest BCUT2D eigenvalue weighted by atomic mass is 9.80. The number of benzene rings is 4. The van der Waals surface area contributed by atoms with Crippen LogP contribution in [0.4, 0.5) is 0 Å². The smallest absolute Gasteiger partial charge is 0.196 e. The summed E-state index contributed by atoms with van der Waals surface area (Å²) in [4.78, 5) is 24.9. The average molecular weight is 572 g/mol. The fourth-order valence-corrected chi connectivity index (χ4v) is 5.41. The van der Waals surface area contributed by atoms with Crippen LogP contribution in [0.25, 0.3) is 5.57 Å².